The van der Waals surface area contributed by atoms with Crippen LogP contribution in [0.25, 0.3) is 0 Å². The summed E-state index contributed by atoms with van der Waals surface area (Å²) in [5.74, 6) is 2.74. The Morgan fingerprint density at radius 2 is 1.95 bits per heavy atom. The molecule has 0 unspecified atom stereocenters. The van der Waals surface area contributed by atoms with Gasteiger partial charge >= 0.3 is 0 Å². The number of aromatic nitrogens is 2. The van der Waals surface area contributed by atoms with E-state index in [1.54, 1.807) is 25.2 Å². The lowest BCUT2D eigenvalue weighted by Crippen LogP contribution is -2.36. The number of nitrogens with zero attached hydrogens (tertiary/aromatic N) is 3. The standard InChI is InChI=1S/C16H19N3O2S/c1-20-14-4-2-13(3-5-14)11-22-16-10-15(17-12-18-16)19-6-8-21-9-7-19/h2-5,10,12H,6-9,11H2,1H3. The second-order valence-corrected chi connectivity index (χ2v) is 5.95. The van der Waals surface area contributed by atoms with Crippen LogP contribution in [0.1, 0.15) is 5.56 Å². The highest BCUT2D eigenvalue weighted by Crippen LogP contribution is 2.24. The molecular weight excluding hydrogens is 298 g/mol. The number of methoxy groups -OCH3 is 1. The Balaban J connectivity index is 1.62. The van der Waals surface area contributed by atoms with Gasteiger partial charge in [0, 0.05) is 24.9 Å². The molecule has 0 amide bonds. The Morgan fingerprint density at radius 1 is 1.18 bits per heavy atom. The van der Waals surface area contributed by atoms with Crippen molar-refractivity contribution in [3.05, 3.63) is 42.2 Å². The third kappa shape index (κ3) is 3.90. The maximum atomic E-state index is 5.38. The first kappa shape index (κ1) is 15.1. The van der Waals surface area contributed by atoms with Gasteiger partial charge in [-0.05, 0) is 17.7 Å². The molecular formula is C16H19N3O2S. The van der Waals surface area contributed by atoms with E-state index in [1.165, 1.54) is 5.56 Å². The minimum absolute atomic E-state index is 0.762. The predicted molar refractivity (Wildman–Crippen MR) is 87.6 cm³/mol. The molecule has 1 aliphatic rings. The molecule has 2 aromatic rings. The molecule has 0 N–H and O–H groups in total. The smallest absolute Gasteiger partial charge is 0.133 e. The molecule has 0 saturated carbocycles. The zero-order valence-electron chi connectivity index (χ0n) is 12.6. The van der Waals surface area contributed by atoms with Crippen molar-refractivity contribution in [3.8, 4) is 5.75 Å². The summed E-state index contributed by atoms with van der Waals surface area (Å²) < 4.78 is 10.5. The van der Waals surface area contributed by atoms with Crippen molar-refractivity contribution < 1.29 is 9.47 Å². The summed E-state index contributed by atoms with van der Waals surface area (Å²) in [6, 6.07) is 10.2. The van der Waals surface area contributed by atoms with Gasteiger partial charge in [-0.15, -0.1) is 11.8 Å². The van der Waals surface area contributed by atoms with Crippen molar-refractivity contribution >= 4 is 17.6 Å². The Kier molecular flexibility index (Phi) is 5.13. The predicted octanol–water partition coefficient (Wildman–Crippen LogP) is 2.61. The Bertz CT molecular complexity index is 601. The molecule has 0 bridgehead atoms. The van der Waals surface area contributed by atoms with E-state index in [9.17, 15) is 0 Å². The largest absolute Gasteiger partial charge is 0.497 e. The highest BCUT2D eigenvalue weighted by Gasteiger charge is 2.13. The van der Waals surface area contributed by atoms with Crippen molar-refractivity contribution in [3.63, 3.8) is 0 Å². The van der Waals surface area contributed by atoms with Crippen molar-refractivity contribution in [2.45, 2.75) is 10.8 Å². The van der Waals surface area contributed by atoms with Gasteiger partial charge in [-0.2, -0.15) is 0 Å². The summed E-state index contributed by atoms with van der Waals surface area (Å²) in [6.07, 6.45) is 1.64. The highest BCUT2D eigenvalue weighted by atomic mass is 32.2. The van der Waals surface area contributed by atoms with E-state index in [1.807, 2.05) is 12.1 Å². The fraction of sp³-hybridized carbons (Fsp3) is 0.375. The summed E-state index contributed by atoms with van der Waals surface area (Å²) >= 11 is 1.72. The van der Waals surface area contributed by atoms with Gasteiger partial charge in [-0.25, -0.2) is 9.97 Å². The molecule has 1 aromatic heterocycles. The molecule has 0 aliphatic carbocycles. The average molecular weight is 317 g/mol. The number of hydrogen-bond donors (Lipinski definition) is 0. The quantitative estimate of drug-likeness (QED) is 0.624. The Morgan fingerprint density at radius 3 is 2.68 bits per heavy atom. The molecule has 5 nitrogen and oxygen atoms in total. The SMILES string of the molecule is COc1ccc(CSc2cc(N3CCOCC3)ncn2)cc1. The number of hydrogen-bond acceptors (Lipinski definition) is 6. The summed E-state index contributed by atoms with van der Waals surface area (Å²) in [5.41, 5.74) is 1.25. The van der Waals surface area contributed by atoms with E-state index in [4.69, 9.17) is 9.47 Å². The van der Waals surface area contributed by atoms with Crippen LogP contribution < -0.4 is 9.64 Å². The second-order valence-electron chi connectivity index (χ2n) is 4.95. The summed E-state index contributed by atoms with van der Waals surface area (Å²) in [6.45, 7) is 3.30. The van der Waals surface area contributed by atoms with Crippen LogP contribution in [0.15, 0.2) is 41.7 Å². The van der Waals surface area contributed by atoms with Gasteiger partial charge in [0.1, 0.15) is 22.9 Å². The maximum absolute atomic E-state index is 5.38. The van der Waals surface area contributed by atoms with Crippen LogP contribution in [-0.4, -0.2) is 43.4 Å². The first-order chi connectivity index (χ1) is 10.8. The van der Waals surface area contributed by atoms with E-state index in [2.05, 4.69) is 33.1 Å². The molecule has 1 aliphatic heterocycles. The molecule has 3 rings (SSSR count). The maximum Gasteiger partial charge on any atom is 0.133 e. The van der Waals surface area contributed by atoms with Gasteiger partial charge in [-0.1, -0.05) is 12.1 Å². The summed E-state index contributed by atoms with van der Waals surface area (Å²) in [4.78, 5) is 11.0. The second kappa shape index (κ2) is 7.47. The molecule has 22 heavy (non-hydrogen) atoms. The number of ether oxygens (including phenoxy) is 2. The molecule has 0 atom stereocenters. The van der Waals surface area contributed by atoms with E-state index in [0.29, 0.717) is 0 Å². The lowest BCUT2D eigenvalue weighted by Gasteiger charge is -2.27. The van der Waals surface area contributed by atoms with Crippen LogP contribution in [0.5, 0.6) is 5.75 Å². The normalized spacial score (nSPS) is 14.9. The molecule has 116 valence electrons. The minimum Gasteiger partial charge on any atom is -0.497 e. The van der Waals surface area contributed by atoms with Crippen LogP contribution >= 0.6 is 11.8 Å². The van der Waals surface area contributed by atoms with E-state index < -0.39 is 0 Å². The van der Waals surface area contributed by atoms with Gasteiger partial charge in [0.25, 0.3) is 0 Å². The molecule has 0 radical (unpaired) electrons. The number of rotatable bonds is 5. The van der Waals surface area contributed by atoms with Crippen molar-refractivity contribution in [2.75, 3.05) is 38.3 Å². The van der Waals surface area contributed by atoms with Crippen LogP contribution in [-0.2, 0) is 10.5 Å². The zero-order chi connectivity index (χ0) is 15.2. The van der Waals surface area contributed by atoms with Gasteiger partial charge in [0.15, 0.2) is 0 Å². The van der Waals surface area contributed by atoms with Crippen LogP contribution in [0.4, 0.5) is 5.82 Å². The Hall–Kier alpha value is -1.79. The fourth-order valence-electron chi connectivity index (χ4n) is 2.25. The monoisotopic (exact) mass is 317 g/mol. The number of anilines is 1. The van der Waals surface area contributed by atoms with E-state index in [0.717, 1.165) is 48.6 Å². The minimum atomic E-state index is 0.762. The van der Waals surface area contributed by atoms with Crippen LogP contribution in [0.3, 0.4) is 0 Å². The first-order valence-electron chi connectivity index (χ1n) is 7.25. The summed E-state index contributed by atoms with van der Waals surface area (Å²) in [5, 5.41) is 0.993. The van der Waals surface area contributed by atoms with E-state index >= 15 is 0 Å². The summed E-state index contributed by atoms with van der Waals surface area (Å²) in [7, 11) is 1.68. The van der Waals surface area contributed by atoms with Crippen LogP contribution in [0.2, 0.25) is 0 Å². The van der Waals surface area contributed by atoms with Crippen molar-refractivity contribution in [1.29, 1.82) is 0 Å². The van der Waals surface area contributed by atoms with Gasteiger partial charge in [0.2, 0.25) is 0 Å². The fourth-order valence-corrected chi connectivity index (χ4v) is 3.07. The van der Waals surface area contributed by atoms with Gasteiger partial charge < -0.3 is 14.4 Å². The molecule has 2 heterocycles. The highest BCUT2D eigenvalue weighted by molar-refractivity contribution is 7.98. The van der Waals surface area contributed by atoms with Crippen molar-refractivity contribution in [2.24, 2.45) is 0 Å². The Labute approximate surface area is 134 Å². The lowest BCUT2D eigenvalue weighted by atomic mass is 10.2. The van der Waals surface area contributed by atoms with Crippen molar-refractivity contribution in [1.82, 2.24) is 9.97 Å². The van der Waals surface area contributed by atoms with Crippen LogP contribution in [0, 0.1) is 0 Å². The third-order valence-electron chi connectivity index (χ3n) is 3.51. The number of morpholine rings is 1. The molecule has 1 saturated heterocycles. The molecule has 1 fully saturated rings. The topological polar surface area (TPSA) is 47.5 Å². The third-order valence-corrected chi connectivity index (χ3v) is 4.51. The lowest BCUT2D eigenvalue weighted by molar-refractivity contribution is 0.122. The average Bonchev–Trinajstić information content (AvgIpc) is 2.61. The molecule has 6 heteroatoms. The molecule has 0 spiro atoms. The molecule has 1 aromatic carbocycles. The van der Waals surface area contributed by atoms with Gasteiger partial charge in [-0.3, -0.25) is 0 Å². The number of thioether (sulfide) groups is 1. The zero-order valence-corrected chi connectivity index (χ0v) is 13.4. The van der Waals surface area contributed by atoms with E-state index in [-0.39, 0.29) is 0 Å². The first-order valence-corrected chi connectivity index (χ1v) is 8.24. The van der Waals surface area contributed by atoms with Gasteiger partial charge in [0.05, 0.1) is 20.3 Å². The number of benzene rings is 1.